The van der Waals surface area contributed by atoms with Gasteiger partial charge in [-0.3, -0.25) is 4.90 Å². The highest BCUT2D eigenvalue weighted by Crippen LogP contribution is 2.39. The standard InChI is InChI=1S/C17H32N4O/c1-14-11-19(4)13-17(21(14)12-15-5-6-15)7-9-20(10-8-17)16(22)18(2)3/h14-15H,5-13H2,1-4H3. The third-order valence-electron chi connectivity index (χ3n) is 5.78. The molecule has 126 valence electrons. The van der Waals surface area contributed by atoms with Crippen molar-refractivity contribution in [3.63, 3.8) is 0 Å². The Labute approximate surface area is 135 Å². The van der Waals surface area contributed by atoms with Crippen molar-refractivity contribution in [1.82, 2.24) is 19.6 Å². The molecule has 3 rings (SSSR count). The van der Waals surface area contributed by atoms with Crippen molar-refractivity contribution in [3.05, 3.63) is 0 Å². The molecule has 0 N–H and O–H groups in total. The van der Waals surface area contributed by atoms with Crippen LogP contribution in [0.3, 0.4) is 0 Å². The quantitative estimate of drug-likeness (QED) is 0.775. The number of carbonyl (C=O) groups is 1. The summed E-state index contributed by atoms with van der Waals surface area (Å²) < 4.78 is 0. The monoisotopic (exact) mass is 308 g/mol. The third kappa shape index (κ3) is 3.11. The third-order valence-corrected chi connectivity index (χ3v) is 5.78. The van der Waals surface area contributed by atoms with E-state index in [9.17, 15) is 4.79 Å². The topological polar surface area (TPSA) is 30.0 Å². The molecule has 1 spiro atoms. The zero-order chi connectivity index (χ0) is 15.9. The summed E-state index contributed by atoms with van der Waals surface area (Å²) in [5.41, 5.74) is 0.290. The first-order valence-corrected chi connectivity index (χ1v) is 8.83. The first kappa shape index (κ1) is 16.1. The number of carbonyl (C=O) groups excluding carboxylic acids is 1. The van der Waals surface area contributed by atoms with Gasteiger partial charge in [0.15, 0.2) is 0 Å². The molecule has 0 bridgehead atoms. The molecule has 2 aliphatic heterocycles. The Morgan fingerprint density at radius 1 is 1.23 bits per heavy atom. The number of likely N-dealkylation sites (N-methyl/N-ethyl adjacent to an activating group) is 1. The van der Waals surface area contributed by atoms with Crippen LogP contribution in [0.4, 0.5) is 4.79 Å². The van der Waals surface area contributed by atoms with Crippen LogP contribution in [0.2, 0.25) is 0 Å². The highest BCUT2D eigenvalue weighted by molar-refractivity contribution is 5.73. The van der Waals surface area contributed by atoms with Crippen LogP contribution in [-0.4, -0.2) is 91.1 Å². The van der Waals surface area contributed by atoms with Crippen molar-refractivity contribution in [2.75, 3.05) is 53.9 Å². The summed E-state index contributed by atoms with van der Waals surface area (Å²) in [6.45, 7) is 7.80. The summed E-state index contributed by atoms with van der Waals surface area (Å²) in [5, 5.41) is 0. The van der Waals surface area contributed by atoms with Gasteiger partial charge in [0.2, 0.25) is 0 Å². The predicted octanol–water partition coefficient (Wildman–Crippen LogP) is 1.55. The molecule has 1 saturated carbocycles. The number of urea groups is 1. The fraction of sp³-hybridized carbons (Fsp3) is 0.941. The van der Waals surface area contributed by atoms with Crippen LogP contribution in [0.1, 0.15) is 32.6 Å². The molecule has 3 fully saturated rings. The zero-order valence-electron chi connectivity index (χ0n) is 14.7. The van der Waals surface area contributed by atoms with Gasteiger partial charge in [0.1, 0.15) is 0 Å². The van der Waals surface area contributed by atoms with Gasteiger partial charge in [0.25, 0.3) is 0 Å². The maximum Gasteiger partial charge on any atom is 0.319 e. The summed E-state index contributed by atoms with van der Waals surface area (Å²) in [5.74, 6) is 0.934. The van der Waals surface area contributed by atoms with Crippen LogP contribution in [-0.2, 0) is 0 Å². The molecular weight excluding hydrogens is 276 g/mol. The van der Waals surface area contributed by atoms with Crippen LogP contribution in [0, 0.1) is 5.92 Å². The number of hydrogen-bond acceptors (Lipinski definition) is 3. The second-order valence-electron chi connectivity index (χ2n) is 8.03. The Bertz CT molecular complexity index is 413. The SMILES string of the molecule is CC1CN(C)CC2(CCN(C(=O)N(C)C)CC2)N1CC1CC1. The van der Waals surface area contributed by atoms with Gasteiger partial charge in [-0.2, -0.15) is 0 Å². The van der Waals surface area contributed by atoms with Crippen molar-refractivity contribution >= 4 is 6.03 Å². The summed E-state index contributed by atoms with van der Waals surface area (Å²) in [6.07, 6.45) is 5.07. The van der Waals surface area contributed by atoms with Gasteiger partial charge in [0, 0.05) is 58.4 Å². The first-order chi connectivity index (χ1) is 10.4. The van der Waals surface area contributed by atoms with Crippen LogP contribution in [0.5, 0.6) is 0 Å². The molecule has 5 nitrogen and oxygen atoms in total. The van der Waals surface area contributed by atoms with E-state index in [1.807, 2.05) is 19.0 Å². The van der Waals surface area contributed by atoms with Crippen LogP contribution < -0.4 is 0 Å². The van der Waals surface area contributed by atoms with Crippen LogP contribution in [0.25, 0.3) is 0 Å². The second kappa shape index (κ2) is 6.00. The van der Waals surface area contributed by atoms with E-state index >= 15 is 0 Å². The Hall–Kier alpha value is -0.810. The molecule has 3 aliphatic rings. The molecule has 1 aliphatic carbocycles. The lowest BCUT2D eigenvalue weighted by atomic mass is 9.81. The van der Waals surface area contributed by atoms with Crippen LogP contribution in [0.15, 0.2) is 0 Å². The Kier molecular flexibility index (Phi) is 4.38. The largest absolute Gasteiger partial charge is 0.331 e. The van der Waals surface area contributed by atoms with Gasteiger partial charge in [0.05, 0.1) is 0 Å². The molecule has 0 aromatic rings. The van der Waals surface area contributed by atoms with E-state index in [2.05, 4.69) is 23.8 Å². The molecule has 0 aromatic heterocycles. The lowest BCUT2D eigenvalue weighted by molar-refractivity contribution is -0.0621. The molecule has 1 atom stereocenters. The van der Waals surface area contributed by atoms with E-state index in [1.54, 1.807) is 4.90 Å². The van der Waals surface area contributed by atoms with Gasteiger partial charge in [-0.25, -0.2) is 4.79 Å². The molecule has 2 saturated heterocycles. The minimum Gasteiger partial charge on any atom is -0.331 e. The number of rotatable bonds is 2. The van der Waals surface area contributed by atoms with Gasteiger partial charge >= 0.3 is 6.03 Å². The van der Waals surface area contributed by atoms with Crippen molar-refractivity contribution in [1.29, 1.82) is 0 Å². The molecule has 2 heterocycles. The first-order valence-electron chi connectivity index (χ1n) is 8.83. The van der Waals surface area contributed by atoms with E-state index in [0.29, 0.717) is 6.04 Å². The fourth-order valence-electron chi connectivity index (χ4n) is 4.47. The minimum absolute atomic E-state index is 0.167. The Morgan fingerprint density at radius 2 is 1.86 bits per heavy atom. The molecular formula is C17H32N4O. The van der Waals surface area contributed by atoms with Crippen molar-refractivity contribution in [2.45, 2.75) is 44.2 Å². The van der Waals surface area contributed by atoms with Crippen LogP contribution >= 0.6 is 0 Å². The second-order valence-corrected chi connectivity index (χ2v) is 8.03. The highest BCUT2D eigenvalue weighted by atomic mass is 16.2. The number of hydrogen-bond donors (Lipinski definition) is 0. The molecule has 0 aromatic carbocycles. The lowest BCUT2D eigenvalue weighted by Gasteiger charge is -2.56. The number of piperidine rings is 1. The zero-order valence-corrected chi connectivity index (χ0v) is 14.7. The number of piperazine rings is 1. The Morgan fingerprint density at radius 3 is 2.41 bits per heavy atom. The van der Waals surface area contributed by atoms with Crippen molar-refractivity contribution in [2.24, 2.45) is 5.92 Å². The van der Waals surface area contributed by atoms with E-state index in [0.717, 1.165) is 38.4 Å². The summed E-state index contributed by atoms with van der Waals surface area (Å²) in [4.78, 5) is 21.2. The smallest absolute Gasteiger partial charge is 0.319 e. The molecule has 5 heteroatoms. The average molecular weight is 308 g/mol. The van der Waals surface area contributed by atoms with Gasteiger partial charge < -0.3 is 14.7 Å². The number of nitrogens with zero attached hydrogens (tertiary/aromatic N) is 4. The number of amides is 2. The molecule has 1 unspecified atom stereocenters. The maximum absolute atomic E-state index is 12.2. The minimum atomic E-state index is 0.167. The van der Waals surface area contributed by atoms with Crippen molar-refractivity contribution in [3.8, 4) is 0 Å². The Balaban J connectivity index is 1.70. The predicted molar refractivity (Wildman–Crippen MR) is 89.0 cm³/mol. The normalized spacial score (nSPS) is 29.8. The van der Waals surface area contributed by atoms with Gasteiger partial charge in [-0.05, 0) is 45.6 Å². The fourth-order valence-corrected chi connectivity index (χ4v) is 4.47. The summed E-state index contributed by atoms with van der Waals surface area (Å²) in [6, 6.07) is 0.802. The average Bonchev–Trinajstić information content (AvgIpc) is 3.27. The maximum atomic E-state index is 12.2. The lowest BCUT2D eigenvalue weighted by Crippen LogP contribution is -2.68. The van der Waals surface area contributed by atoms with E-state index < -0.39 is 0 Å². The van der Waals surface area contributed by atoms with Gasteiger partial charge in [-0.1, -0.05) is 0 Å². The van der Waals surface area contributed by atoms with E-state index in [4.69, 9.17) is 0 Å². The van der Waals surface area contributed by atoms with E-state index in [1.165, 1.54) is 25.9 Å². The highest BCUT2D eigenvalue weighted by Gasteiger charge is 2.47. The van der Waals surface area contributed by atoms with Crippen molar-refractivity contribution < 1.29 is 4.79 Å². The summed E-state index contributed by atoms with van der Waals surface area (Å²) >= 11 is 0. The molecule has 0 radical (unpaired) electrons. The number of likely N-dealkylation sites (tertiary alicyclic amines) is 1. The molecule has 22 heavy (non-hydrogen) atoms. The van der Waals surface area contributed by atoms with E-state index in [-0.39, 0.29) is 11.6 Å². The molecule has 2 amide bonds. The van der Waals surface area contributed by atoms with Gasteiger partial charge in [-0.15, -0.1) is 0 Å². The summed E-state index contributed by atoms with van der Waals surface area (Å²) in [7, 11) is 5.95.